The number of aliphatic imine (C=N–C) groups is 1. The van der Waals surface area contributed by atoms with Gasteiger partial charge in [0.15, 0.2) is 0 Å². The summed E-state index contributed by atoms with van der Waals surface area (Å²) in [6.45, 7) is 0. The Bertz CT molecular complexity index is 389. The lowest BCUT2D eigenvalue weighted by atomic mass is 10.2. The molecule has 3 nitrogen and oxygen atoms in total. The number of aromatic hydroxyl groups is 1. The number of phenols is 1. The average molecular weight is 207 g/mol. The SMILES string of the molecule is O=C[C@@H]1CSC(c2ccccc2O)=N1. The summed E-state index contributed by atoms with van der Waals surface area (Å²) >= 11 is 1.50. The van der Waals surface area contributed by atoms with E-state index in [2.05, 4.69) is 4.99 Å². The minimum atomic E-state index is -0.255. The molecule has 1 N–H and O–H groups in total. The van der Waals surface area contributed by atoms with Crippen LogP contribution in [0.2, 0.25) is 0 Å². The Morgan fingerprint density at radius 2 is 2.29 bits per heavy atom. The van der Waals surface area contributed by atoms with E-state index in [4.69, 9.17) is 0 Å². The molecule has 4 heteroatoms. The van der Waals surface area contributed by atoms with Crippen LogP contribution in [0.3, 0.4) is 0 Å². The second-order valence-electron chi connectivity index (χ2n) is 2.97. The lowest BCUT2D eigenvalue weighted by Crippen LogP contribution is -2.03. The minimum absolute atomic E-state index is 0.213. The van der Waals surface area contributed by atoms with Gasteiger partial charge < -0.3 is 9.90 Å². The van der Waals surface area contributed by atoms with Crippen molar-refractivity contribution >= 4 is 23.1 Å². The zero-order valence-electron chi connectivity index (χ0n) is 7.38. The topological polar surface area (TPSA) is 49.7 Å². The van der Waals surface area contributed by atoms with E-state index in [1.54, 1.807) is 18.2 Å². The van der Waals surface area contributed by atoms with Gasteiger partial charge in [0.05, 0.1) is 0 Å². The van der Waals surface area contributed by atoms with Crippen LogP contribution in [-0.2, 0) is 4.79 Å². The molecule has 0 bridgehead atoms. The Morgan fingerprint density at radius 1 is 1.50 bits per heavy atom. The van der Waals surface area contributed by atoms with Crippen LogP contribution in [0, 0.1) is 0 Å². The molecular weight excluding hydrogens is 198 g/mol. The number of benzene rings is 1. The molecule has 0 amide bonds. The van der Waals surface area contributed by atoms with Gasteiger partial charge in [0.2, 0.25) is 0 Å². The average Bonchev–Trinajstić information content (AvgIpc) is 2.67. The second-order valence-corrected chi connectivity index (χ2v) is 3.97. The molecular formula is C10H9NO2S. The largest absolute Gasteiger partial charge is 0.507 e. The Kier molecular flexibility index (Phi) is 2.54. The first kappa shape index (κ1) is 9.27. The fourth-order valence-electron chi connectivity index (χ4n) is 1.26. The van der Waals surface area contributed by atoms with Crippen molar-refractivity contribution in [3.63, 3.8) is 0 Å². The van der Waals surface area contributed by atoms with Gasteiger partial charge in [-0.25, -0.2) is 0 Å². The molecule has 0 aromatic heterocycles. The van der Waals surface area contributed by atoms with Gasteiger partial charge in [-0.3, -0.25) is 4.99 Å². The third-order valence-electron chi connectivity index (χ3n) is 1.97. The van der Waals surface area contributed by atoms with E-state index in [-0.39, 0.29) is 11.8 Å². The number of hydrogen-bond acceptors (Lipinski definition) is 4. The van der Waals surface area contributed by atoms with Gasteiger partial charge in [0.25, 0.3) is 0 Å². The summed E-state index contributed by atoms with van der Waals surface area (Å²) in [4.78, 5) is 14.7. The number of carbonyl (C=O) groups excluding carboxylic acids is 1. The molecule has 14 heavy (non-hydrogen) atoms. The van der Waals surface area contributed by atoms with Crippen LogP contribution in [-0.4, -0.2) is 28.2 Å². The summed E-state index contributed by atoms with van der Waals surface area (Å²) < 4.78 is 0. The highest BCUT2D eigenvalue weighted by atomic mass is 32.2. The Labute approximate surface area is 85.9 Å². The molecule has 2 rings (SSSR count). The van der Waals surface area contributed by atoms with Crippen molar-refractivity contribution in [1.82, 2.24) is 0 Å². The number of hydrogen-bond donors (Lipinski definition) is 1. The molecule has 72 valence electrons. The fourth-order valence-corrected chi connectivity index (χ4v) is 2.28. The van der Waals surface area contributed by atoms with Crippen LogP contribution in [0.15, 0.2) is 29.3 Å². The van der Waals surface area contributed by atoms with Gasteiger partial charge in [0.1, 0.15) is 23.1 Å². The number of phenolic OH excluding ortho intramolecular Hbond substituents is 1. The molecule has 0 saturated carbocycles. The van der Waals surface area contributed by atoms with E-state index in [0.29, 0.717) is 11.3 Å². The molecule has 1 atom stereocenters. The first-order valence-corrected chi connectivity index (χ1v) is 5.24. The van der Waals surface area contributed by atoms with Crippen LogP contribution >= 0.6 is 11.8 Å². The smallest absolute Gasteiger partial charge is 0.145 e. The third kappa shape index (κ3) is 1.65. The standard InChI is InChI=1S/C10H9NO2S/c12-5-7-6-14-10(11-7)8-3-1-2-4-9(8)13/h1-5,7,13H,6H2/t7-/m1/s1. The number of thioether (sulfide) groups is 1. The van der Waals surface area contributed by atoms with Crippen molar-refractivity contribution in [2.75, 3.05) is 5.75 Å². The molecule has 1 aromatic rings. The van der Waals surface area contributed by atoms with Crippen molar-refractivity contribution in [3.05, 3.63) is 29.8 Å². The van der Waals surface area contributed by atoms with E-state index in [0.717, 1.165) is 11.3 Å². The fraction of sp³-hybridized carbons (Fsp3) is 0.200. The van der Waals surface area contributed by atoms with E-state index in [9.17, 15) is 9.90 Å². The van der Waals surface area contributed by atoms with Crippen molar-refractivity contribution < 1.29 is 9.90 Å². The number of rotatable bonds is 2. The Hall–Kier alpha value is -1.29. The normalized spacial score (nSPS) is 20.6. The Balaban J connectivity index is 2.33. The summed E-state index contributed by atoms with van der Waals surface area (Å²) in [5, 5.41) is 10.3. The number of nitrogens with zero attached hydrogens (tertiary/aromatic N) is 1. The van der Waals surface area contributed by atoms with Crippen molar-refractivity contribution in [1.29, 1.82) is 0 Å². The van der Waals surface area contributed by atoms with Crippen LogP contribution in [0.1, 0.15) is 5.56 Å². The number of carbonyl (C=O) groups is 1. The molecule has 0 aliphatic carbocycles. The maximum Gasteiger partial charge on any atom is 0.145 e. The summed E-state index contributed by atoms with van der Waals surface area (Å²) in [7, 11) is 0. The monoisotopic (exact) mass is 207 g/mol. The van der Waals surface area contributed by atoms with Gasteiger partial charge in [-0.2, -0.15) is 0 Å². The van der Waals surface area contributed by atoms with E-state index < -0.39 is 0 Å². The highest BCUT2D eigenvalue weighted by Crippen LogP contribution is 2.27. The zero-order chi connectivity index (χ0) is 9.97. The molecule has 0 radical (unpaired) electrons. The summed E-state index contributed by atoms with van der Waals surface area (Å²) in [6, 6.07) is 6.76. The highest BCUT2D eigenvalue weighted by molar-refractivity contribution is 8.14. The lowest BCUT2D eigenvalue weighted by Gasteiger charge is -2.01. The first-order chi connectivity index (χ1) is 6.81. The predicted molar refractivity (Wildman–Crippen MR) is 57.0 cm³/mol. The van der Waals surface area contributed by atoms with Crippen LogP contribution in [0.25, 0.3) is 0 Å². The van der Waals surface area contributed by atoms with Crippen molar-refractivity contribution in [2.24, 2.45) is 4.99 Å². The molecule has 0 spiro atoms. The summed E-state index contributed by atoms with van der Waals surface area (Å²) in [6.07, 6.45) is 0.833. The lowest BCUT2D eigenvalue weighted by molar-refractivity contribution is -0.108. The summed E-state index contributed by atoms with van der Waals surface area (Å²) in [5.74, 6) is 0.887. The molecule has 0 fully saturated rings. The highest BCUT2D eigenvalue weighted by Gasteiger charge is 2.20. The molecule has 0 saturated heterocycles. The van der Waals surface area contributed by atoms with Crippen molar-refractivity contribution in [2.45, 2.75) is 6.04 Å². The van der Waals surface area contributed by atoms with Gasteiger partial charge in [-0.05, 0) is 12.1 Å². The molecule has 0 unspecified atom stereocenters. The van der Waals surface area contributed by atoms with Crippen LogP contribution in [0.4, 0.5) is 0 Å². The van der Waals surface area contributed by atoms with Gasteiger partial charge in [-0.1, -0.05) is 12.1 Å². The van der Waals surface area contributed by atoms with Crippen LogP contribution in [0.5, 0.6) is 5.75 Å². The molecule has 1 aliphatic heterocycles. The van der Waals surface area contributed by atoms with Crippen molar-refractivity contribution in [3.8, 4) is 5.75 Å². The third-order valence-corrected chi connectivity index (χ3v) is 3.07. The quantitative estimate of drug-likeness (QED) is 0.747. The minimum Gasteiger partial charge on any atom is -0.507 e. The number of aldehydes is 1. The van der Waals surface area contributed by atoms with E-state index in [1.807, 2.05) is 6.07 Å². The van der Waals surface area contributed by atoms with Gasteiger partial charge in [0, 0.05) is 11.3 Å². The van der Waals surface area contributed by atoms with Gasteiger partial charge >= 0.3 is 0 Å². The Morgan fingerprint density at radius 3 is 2.93 bits per heavy atom. The summed E-state index contributed by atoms with van der Waals surface area (Å²) in [5.41, 5.74) is 0.710. The van der Waals surface area contributed by atoms with Gasteiger partial charge in [-0.15, -0.1) is 11.8 Å². The maximum absolute atomic E-state index is 10.5. The maximum atomic E-state index is 10.5. The van der Waals surface area contributed by atoms with Crippen LogP contribution < -0.4 is 0 Å². The predicted octanol–water partition coefficient (Wildman–Crippen LogP) is 1.45. The molecule has 1 heterocycles. The molecule has 1 aliphatic rings. The van der Waals surface area contributed by atoms with E-state index in [1.165, 1.54) is 11.8 Å². The number of para-hydroxylation sites is 1. The first-order valence-electron chi connectivity index (χ1n) is 4.25. The molecule has 1 aromatic carbocycles. The second kappa shape index (κ2) is 3.84. The van der Waals surface area contributed by atoms with E-state index >= 15 is 0 Å². The zero-order valence-corrected chi connectivity index (χ0v) is 8.20.